The molecule has 1 aromatic carbocycles. The van der Waals surface area contributed by atoms with Crippen LogP contribution in [0.25, 0.3) is 0 Å². The molecule has 2 aromatic rings. The van der Waals surface area contributed by atoms with E-state index in [1.165, 1.54) is 0 Å². The van der Waals surface area contributed by atoms with Crippen molar-refractivity contribution in [2.24, 2.45) is 0 Å². The van der Waals surface area contributed by atoms with E-state index in [2.05, 4.69) is 17.2 Å². The molecule has 0 bridgehead atoms. The molecular formula is C16H20N2O2. The molecule has 0 aliphatic carbocycles. The van der Waals surface area contributed by atoms with Crippen LogP contribution >= 0.6 is 0 Å². The lowest BCUT2D eigenvalue weighted by molar-refractivity contribution is 0.412. The number of ether oxygens (including phenoxy) is 2. The van der Waals surface area contributed by atoms with E-state index >= 15 is 0 Å². The van der Waals surface area contributed by atoms with Crippen LogP contribution in [0.4, 0.5) is 0 Å². The summed E-state index contributed by atoms with van der Waals surface area (Å²) in [5.41, 5.74) is 1.03. The number of hydrogen-bond donors (Lipinski definition) is 1. The molecule has 0 fully saturated rings. The third kappa shape index (κ3) is 3.48. The molecule has 1 N–H and O–H groups in total. The fourth-order valence-corrected chi connectivity index (χ4v) is 2.00. The molecule has 4 heteroatoms. The monoisotopic (exact) mass is 272 g/mol. The highest BCUT2D eigenvalue weighted by molar-refractivity contribution is 5.34. The topological polar surface area (TPSA) is 43.4 Å². The Morgan fingerprint density at radius 2 is 1.70 bits per heavy atom. The molecule has 0 amide bonds. The maximum Gasteiger partial charge on any atom is 0.145 e. The first-order valence-corrected chi connectivity index (χ1v) is 6.72. The van der Waals surface area contributed by atoms with Crippen LogP contribution in [0.2, 0.25) is 0 Å². The first kappa shape index (κ1) is 14.3. The molecule has 0 saturated heterocycles. The van der Waals surface area contributed by atoms with Crippen molar-refractivity contribution < 1.29 is 9.47 Å². The van der Waals surface area contributed by atoms with Gasteiger partial charge in [0.15, 0.2) is 0 Å². The maximum absolute atomic E-state index is 5.74. The molecule has 1 atom stereocenters. The maximum atomic E-state index is 5.74. The number of nitrogens with zero attached hydrogens (tertiary/aromatic N) is 1. The van der Waals surface area contributed by atoms with Gasteiger partial charge in [-0.3, -0.25) is 4.98 Å². The summed E-state index contributed by atoms with van der Waals surface area (Å²) in [6.07, 6.45) is 2.75. The fraction of sp³-hybridized carbons (Fsp3) is 0.312. The van der Waals surface area contributed by atoms with Crippen molar-refractivity contribution in [3.63, 3.8) is 0 Å². The van der Waals surface area contributed by atoms with E-state index < -0.39 is 0 Å². The van der Waals surface area contributed by atoms with Gasteiger partial charge in [0.1, 0.15) is 17.2 Å². The Morgan fingerprint density at radius 1 is 1.05 bits per heavy atom. The van der Waals surface area contributed by atoms with Gasteiger partial charge in [0.2, 0.25) is 0 Å². The van der Waals surface area contributed by atoms with E-state index in [-0.39, 0.29) is 6.04 Å². The largest absolute Gasteiger partial charge is 0.497 e. The Bertz CT molecular complexity index is 519. The van der Waals surface area contributed by atoms with E-state index in [9.17, 15) is 0 Å². The molecule has 20 heavy (non-hydrogen) atoms. The normalized spacial score (nSPS) is 11.9. The van der Waals surface area contributed by atoms with E-state index in [4.69, 9.17) is 9.47 Å². The summed E-state index contributed by atoms with van der Waals surface area (Å²) in [5, 5.41) is 3.23. The average Bonchev–Trinajstić information content (AvgIpc) is 2.51. The number of hydrogen-bond acceptors (Lipinski definition) is 4. The Morgan fingerprint density at radius 3 is 2.20 bits per heavy atom. The number of methoxy groups -OCH3 is 1. The molecule has 2 rings (SSSR count). The van der Waals surface area contributed by atoms with Crippen molar-refractivity contribution in [3.05, 3.63) is 48.3 Å². The van der Waals surface area contributed by atoms with Gasteiger partial charge >= 0.3 is 0 Å². The second kappa shape index (κ2) is 6.91. The molecule has 0 saturated carbocycles. The minimum absolute atomic E-state index is 0.282. The van der Waals surface area contributed by atoms with Gasteiger partial charge in [-0.15, -0.1) is 0 Å². The SMILES string of the molecule is CCC(NC)c1ccc(Oc2ccc(OC)cc2)cn1. The van der Waals surface area contributed by atoms with E-state index in [0.717, 1.165) is 29.4 Å². The zero-order valence-corrected chi connectivity index (χ0v) is 12.1. The molecule has 0 spiro atoms. The third-order valence-electron chi connectivity index (χ3n) is 3.17. The highest BCUT2D eigenvalue weighted by atomic mass is 16.5. The third-order valence-corrected chi connectivity index (χ3v) is 3.17. The van der Waals surface area contributed by atoms with Gasteiger partial charge in [0.05, 0.1) is 19.0 Å². The van der Waals surface area contributed by atoms with Crippen molar-refractivity contribution in [3.8, 4) is 17.2 Å². The predicted octanol–water partition coefficient (Wildman–Crippen LogP) is 3.55. The smallest absolute Gasteiger partial charge is 0.145 e. The molecule has 0 aliphatic heterocycles. The number of nitrogens with one attached hydrogen (secondary N) is 1. The van der Waals surface area contributed by atoms with Gasteiger partial charge < -0.3 is 14.8 Å². The first-order valence-electron chi connectivity index (χ1n) is 6.72. The summed E-state index contributed by atoms with van der Waals surface area (Å²) in [5.74, 6) is 2.30. The Balaban J connectivity index is 2.06. The number of rotatable bonds is 6. The summed E-state index contributed by atoms with van der Waals surface area (Å²) in [7, 11) is 3.59. The van der Waals surface area contributed by atoms with Crippen LogP contribution in [-0.4, -0.2) is 19.1 Å². The lowest BCUT2D eigenvalue weighted by Gasteiger charge is -2.13. The van der Waals surface area contributed by atoms with Crippen LogP contribution in [0, 0.1) is 0 Å². The zero-order chi connectivity index (χ0) is 14.4. The van der Waals surface area contributed by atoms with Gasteiger partial charge in [0.25, 0.3) is 0 Å². The molecule has 106 valence electrons. The van der Waals surface area contributed by atoms with Gasteiger partial charge in [0, 0.05) is 6.04 Å². The van der Waals surface area contributed by atoms with Crippen LogP contribution in [0.15, 0.2) is 42.6 Å². The fourth-order valence-electron chi connectivity index (χ4n) is 2.00. The van der Waals surface area contributed by atoms with Crippen LogP contribution in [0.3, 0.4) is 0 Å². The Kier molecular flexibility index (Phi) is 4.96. The van der Waals surface area contributed by atoms with Crippen molar-refractivity contribution in [2.75, 3.05) is 14.2 Å². The predicted molar refractivity (Wildman–Crippen MR) is 79.4 cm³/mol. The van der Waals surface area contributed by atoms with Crippen molar-refractivity contribution in [1.29, 1.82) is 0 Å². The second-order valence-electron chi connectivity index (χ2n) is 4.45. The minimum Gasteiger partial charge on any atom is -0.497 e. The number of benzene rings is 1. The highest BCUT2D eigenvalue weighted by Gasteiger charge is 2.08. The van der Waals surface area contributed by atoms with Crippen LogP contribution in [0.5, 0.6) is 17.2 Å². The Hall–Kier alpha value is -2.07. The highest BCUT2D eigenvalue weighted by Crippen LogP contribution is 2.24. The average molecular weight is 272 g/mol. The van der Waals surface area contributed by atoms with Gasteiger partial charge in [-0.2, -0.15) is 0 Å². The van der Waals surface area contributed by atoms with Gasteiger partial charge in [-0.05, 0) is 49.9 Å². The first-order chi connectivity index (χ1) is 9.76. The quantitative estimate of drug-likeness (QED) is 0.873. The van der Waals surface area contributed by atoms with Crippen LogP contribution < -0.4 is 14.8 Å². The standard InChI is InChI=1S/C16H20N2O2/c1-4-15(17-2)16-10-9-14(11-18-16)20-13-7-5-12(19-3)6-8-13/h5-11,15,17H,4H2,1-3H3. The second-order valence-corrected chi connectivity index (χ2v) is 4.45. The number of pyridine rings is 1. The molecule has 1 aromatic heterocycles. The molecule has 1 unspecified atom stereocenters. The molecule has 1 heterocycles. The minimum atomic E-state index is 0.282. The van der Waals surface area contributed by atoms with Gasteiger partial charge in [-0.1, -0.05) is 6.92 Å². The van der Waals surface area contributed by atoms with Crippen molar-refractivity contribution >= 4 is 0 Å². The van der Waals surface area contributed by atoms with Crippen LogP contribution in [-0.2, 0) is 0 Å². The van der Waals surface area contributed by atoms with E-state index in [1.54, 1.807) is 13.3 Å². The molecule has 0 aliphatic rings. The van der Waals surface area contributed by atoms with Crippen molar-refractivity contribution in [2.45, 2.75) is 19.4 Å². The molecule has 0 radical (unpaired) electrons. The Labute approximate surface area is 119 Å². The molecule has 4 nitrogen and oxygen atoms in total. The number of aromatic nitrogens is 1. The van der Waals surface area contributed by atoms with E-state index in [1.807, 2.05) is 43.4 Å². The summed E-state index contributed by atoms with van der Waals surface area (Å²) in [6.45, 7) is 2.13. The lowest BCUT2D eigenvalue weighted by Crippen LogP contribution is -2.16. The van der Waals surface area contributed by atoms with Gasteiger partial charge in [-0.25, -0.2) is 0 Å². The van der Waals surface area contributed by atoms with E-state index in [0.29, 0.717) is 0 Å². The van der Waals surface area contributed by atoms with Crippen LogP contribution in [0.1, 0.15) is 25.1 Å². The zero-order valence-electron chi connectivity index (χ0n) is 12.1. The summed E-state index contributed by atoms with van der Waals surface area (Å²) >= 11 is 0. The summed E-state index contributed by atoms with van der Waals surface area (Å²) in [4.78, 5) is 4.44. The summed E-state index contributed by atoms with van der Waals surface area (Å²) < 4.78 is 10.9. The summed E-state index contributed by atoms with van der Waals surface area (Å²) in [6, 6.07) is 11.7. The lowest BCUT2D eigenvalue weighted by atomic mass is 10.1. The van der Waals surface area contributed by atoms with Crippen molar-refractivity contribution in [1.82, 2.24) is 10.3 Å². The molecular weight excluding hydrogens is 252 g/mol.